The van der Waals surface area contributed by atoms with Gasteiger partial charge in [0.05, 0.1) is 25.5 Å². The van der Waals surface area contributed by atoms with Gasteiger partial charge in [-0.1, -0.05) is 26.0 Å². The van der Waals surface area contributed by atoms with Crippen LogP contribution >= 0.6 is 0 Å². The number of allylic oxidation sites excluding steroid dienone is 1. The van der Waals surface area contributed by atoms with Gasteiger partial charge in [-0.2, -0.15) is 0 Å². The van der Waals surface area contributed by atoms with Crippen molar-refractivity contribution in [2.45, 2.75) is 46.7 Å². The zero-order valence-corrected chi connectivity index (χ0v) is 19.3. The molecular weight excluding hydrogens is 390 g/mol. The van der Waals surface area contributed by atoms with Crippen LogP contribution in [0.1, 0.15) is 45.2 Å². The molecule has 1 aliphatic heterocycles. The van der Waals surface area contributed by atoms with Gasteiger partial charge in [0.25, 0.3) is 5.91 Å². The highest BCUT2D eigenvalue weighted by molar-refractivity contribution is 6.32. The zero-order chi connectivity index (χ0) is 22.5. The van der Waals surface area contributed by atoms with Crippen LogP contribution in [0.5, 0.6) is 11.5 Å². The Hall–Kier alpha value is -2.99. The molecule has 0 aliphatic carbocycles. The molecule has 0 radical (unpaired) electrons. The number of rotatable bonds is 9. The molecule has 1 aliphatic rings. The molecule has 0 aromatic heterocycles. The minimum atomic E-state index is -0.123. The molecule has 3 rings (SSSR count). The smallest absolute Gasteiger partial charge is 0.258 e. The van der Waals surface area contributed by atoms with Gasteiger partial charge in [0.1, 0.15) is 0 Å². The third-order valence-electron chi connectivity index (χ3n) is 5.69. The van der Waals surface area contributed by atoms with E-state index in [1.807, 2.05) is 13.0 Å². The molecule has 2 aromatic rings. The van der Waals surface area contributed by atoms with E-state index in [9.17, 15) is 4.79 Å². The fourth-order valence-corrected chi connectivity index (χ4v) is 3.89. The average molecular weight is 424 g/mol. The summed E-state index contributed by atoms with van der Waals surface area (Å²) in [5.74, 6) is 1.06. The van der Waals surface area contributed by atoms with Gasteiger partial charge in [0, 0.05) is 35.6 Å². The van der Waals surface area contributed by atoms with Crippen LogP contribution in [0.3, 0.4) is 0 Å². The molecule has 0 fully saturated rings. The molecule has 6 heteroatoms. The molecule has 6 nitrogen and oxygen atoms in total. The summed E-state index contributed by atoms with van der Waals surface area (Å²) in [6.45, 7) is 10.6. The Bertz CT molecular complexity index is 965. The molecule has 0 bridgehead atoms. The molecule has 2 aromatic carbocycles. The fourth-order valence-electron chi connectivity index (χ4n) is 3.89. The first-order valence-corrected chi connectivity index (χ1v) is 10.8. The monoisotopic (exact) mass is 423 g/mol. The van der Waals surface area contributed by atoms with Gasteiger partial charge in [-0.3, -0.25) is 9.69 Å². The molecule has 0 saturated heterocycles. The lowest BCUT2D eigenvalue weighted by Crippen LogP contribution is -2.29. The van der Waals surface area contributed by atoms with Crippen molar-refractivity contribution < 1.29 is 14.3 Å². The number of nitrogens with zero attached hydrogens (tertiary/aromatic N) is 1. The SMILES string of the molecule is CCC(Nc1ccc(CN(CC)C(C)C)cc1)=C1C(=O)Nc2cc(OC)c(OC)cc21. The highest BCUT2D eigenvalue weighted by atomic mass is 16.5. The van der Waals surface area contributed by atoms with Crippen molar-refractivity contribution in [3.8, 4) is 11.5 Å². The summed E-state index contributed by atoms with van der Waals surface area (Å²) in [7, 11) is 3.18. The molecule has 0 saturated carbocycles. The molecule has 1 amide bonds. The molecule has 2 N–H and O–H groups in total. The molecule has 1 heterocycles. The van der Waals surface area contributed by atoms with Gasteiger partial charge in [0.2, 0.25) is 0 Å². The van der Waals surface area contributed by atoms with Crippen molar-refractivity contribution in [2.75, 3.05) is 31.4 Å². The predicted octanol–water partition coefficient (Wildman–Crippen LogP) is 5.12. The quantitative estimate of drug-likeness (QED) is 0.548. The van der Waals surface area contributed by atoms with Crippen molar-refractivity contribution in [3.63, 3.8) is 0 Å². The van der Waals surface area contributed by atoms with Crippen LogP contribution in [0.2, 0.25) is 0 Å². The summed E-state index contributed by atoms with van der Waals surface area (Å²) < 4.78 is 10.8. The molecule has 166 valence electrons. The van der Waals surface area contributed by atoms with Gasteiger partial charge in [-0.15, -0.1) is 0 Å². The van der Waals surface area contributed by atoms with Gasteiger partial charge in [-0.05, 0) is 50.6 Å². The number of benzene rings is 2. The van der Waals surface area contributed by atoms with Crippen LogP contribution in [0.25, 0.3) is 5.57 Å². The Labute approximate surface area is 185 Å². The minimum Gasteiger partial charge on any atom is -0.493 e. The minimum absolute atomic E-state index is 0.123. The van der Waals surface area contributed by atoms with Gasteiger partial charge >= 0.3 is 0 Å². The molecule has 31 heavy (non-hydrogen) atoms. The van der Waals surface area contributed by atoms with E-state index in [0.717, 1.165) is 35.7 Å². The van der Waals surface area contributed by atoms with Gasteiger partial charge in [-0.25, -0.2) is 0 Å². The predicted molar refractivity (Wildman–Crippen MR) is 127 cm³/mol. The van der Waals surface area contributed by atoms with Crippen LogP contribution in [0.4, 0.5) is 11.4 Å². The van der Waals surface area contributed by atoms with E-state index in [2.05, 4.69) is 60.6 Å². The summed E-state index contributed by atoms with van der Waals surface area (Å²) in [6, 6.07) is 12.6. The first-order valence-electron chi connectivity index (χ1n) is 10.8. The lowest BCUT2D eigenvalue weighted by Gasteiger charge is -2.24. The molecule has 0 spiro atoms. The number of ether oxygens (including phenoxy) is 2. The van der Waals surface area contributed by atoms with Crippen molar-refractivity contribution in [1.29, 1.82) is 0 Å². The van der Waals surface area contributed by atoms with Crippen molar-refractivity contribution in [3.05, 3.63) is 53.2 Å². The zero-order valence-electron chi connectivity index (χ0n) is 19.3. The number of hydrogen-bond acceptors (Lipinski definition) is 5. The van der Waals surface area contributed by atoms with E-state index < -0.39 is 0 Å². The van der Waals surface area contributed by atoms with Gasteiger partial charge in [0.15, 0.2) is 11.5 Å². The lowest BCUT2D eigenvalue weighted by molar-refractivity contribution is -0.110. The Morgan fingerprint density at radius 3 is 2.26 bits per heavy atom. The number of amides is 1. The van der Waals surface area contributed by atoms with Crippen molar-refractivity contribution in [1.82, 2.24) is 4.90 Å². The summed E-state index contributed by atoms with van der Waals surface area (Å²) in [4.78, 5) is 15.2. The third kappa shape index (κ3) is 4.85. The molecule has 0 atom stereocenters. The molecular formula is C25H33N3O3. The highest BCUT2D eigenvalue weighted by Crippen LogP contribution is 2.42. The van der Waals surface area contributed by atoms with E-state index in [-0.39, 0.29) is 5.91 Å². The fraction of sp³-hybridized carbons (Fsp3) is 0.400. The number of carbonyl (C=O) groups excluding carboxylic acids is 1. The summed E-state index contributed by atoms with van der Waals surface area (Å²) in [5, 5.41) is 6.40. The van der Waals surface area contributed by atoms with Crippen LogP contribution in [-0.4, -0.2) is 37.6 Å². The second-order valence-corrected chi connectivity index (χ2v) is 7.89. The highest BCUT2D eigenvalue weighted by Gasteiger charge is 2.29. The van der Waals surface area contributed by atoms with Crippen LogP contribution in [0.15, 0.2) is 42.1 Å². The summed E-state index contributed by atoms with van der Waals surface area (Å²) in [6.07, 6.45) is 0.690. The first-order chi connectivity index (χ1) is 14.9. The maximum absolute atomic E-state index is 12.8. The van der Waals surface area contributed by atoms with Crippen LogP contribution in [0, 0.1) is 0 Å². The summed E-state index contributed by atoms with van der Waals surface area (Å²) >= 11 is 0. The third-order valence-corrected chi connectivity index (χ3v) is 5.69. The number of nitrogens with one attached hydrogen (secondary N) is 2. The Morgan fingerprint density at radius 2 is 1.71 bits per heavy atom. The Balaban J connectivity index is 1.88. The van der Waals surface area contributed by atoms with Gasteiger partial charge < -0.3 is 20.1 Å². The summed E-state index contributed by atoms with van der Waals surface area (Å²) in [5.41, 5.74) is 5.29. The Morgan fingerprint density at radius 1 is 1.06 bits per heavy atom. The Kier molecular flexibility index (Phi) is 7.23. The number of anilines is 2. The number of carbonyl (C=O) groups is 1. The maximum atomic E-state index is 12.8. The van der Waals surface area contributed by atoms with Crippen molar-refractivity contribution in [2.24, 2.45) is 0 Å². The van der Waals surface area contributed by atoms with Crippen LogP contribution < -0.4 is 20.1 Å². The van der Waals surface area contributed by atoms with E-state index >= 15 is 0 Å². The van der Waals surface area contributed by atoms with E-state index in [0.29, 0.717) is 29.5 Å². The largest absolute Gasteiger partial charge is 0.493 e. The normalized spacial score (nSPS) is 14.5. The second-order valence-electron chi connectivity index (χ2n) is 7.89. The standard InChI is InChI=1S/C25H33N3O3/c1-7-20(26-18-11-9-17(10-12-18)15-28(8-2)16(3)4)24-19-13-22(30-5)23(31-6)14-21(19)27-25(24)29/h9-14,16,26H,7-8,15H2,1-6H3,(H,27,29). The maximum Gasteiger partial charge on any atom is 0.258 e. The number of hydrogen-bond donors (Lipinski definition) is 2. The number of methoxy groups -OCH3 is 2. The average Bonchev–Trinajstić information content (AvgIpc) is 3.09. The van der Waals surface area contributed by atoms with E-state index in [4.69, 9.17) is 9.47 Å². The number of fused-ring (bicyclic) bond motifs is 1. The topological polar surface area (TPSA) is 62.8 Å². The van der Waals surface area contributed by atoms with E-state index in [1.165, 1.54) is 5.56 Å². The lowest BCUT2D eigenvalue weighted by atomic mass is 10.0. The second kappa shape index (κ2) is 9.88. The molecule has 0 unspecified atom stereocenters. The van der Waals surface area contributed by atoms with Crippen LogP contribution in [-0.2, 0) is 11.3 Å². The van der Waals surface area contributed by atoms with Crippen molar-refractivity contribution >= 4 is 22.9 Å². The first kappa shape index (κ1) is 22.7. The van der Waals surface area contributed by atoms with E-state index in [1.54, 1.807) is 20.3 Å².